The second-order valence-corrected chi connectivity index (χ2v) is 3.70. The van der Waals surface area contributed by atoms with Crippen LogP contribution in [-0.4, -0.2) is 0 Å². The van der Waals surface area contributed by atoms with Gasteiger partial charge in [0.05, 0.1) is 6.93 Å². The summed E-state index contributed by atoms with van der Waals surface area (Å²) < 4.78 is 8.19. The lowest BCUT2D eigenvalue weighted by Crippen LogP contribution is -1.83. The largest absolute Gasteiger partial charge is 0.192 e. The third-order valence-electron chi connectivity index (χ3n) is 2.77. The van der Waals surface area contributed by atoms with Gasteiger partial charge >= 0.3 is 0 Å². The van der Waals surface area contributed by atoms with Crippen LogP contribution >= 0.6 is 0 Å². The third-order valence-corrected chi connectivity index (χ3v) is 2.77. The van der Waals surface area contributed by atoms with Crippen molar-refractivity contribution in [2.45, 2.75) is 0 Å². The van der Waals surface area contributed by atoms with Crippen molar-refractivity contribution in [2.75, 3.05) is 0 Å². The van der Waals surface area contributed by atoms with E-state index in [1.807, 2.05) is 48.5 Å². The SMILES string of the molecule is [2H]c1c2ccccc2c(C#N)c2ccccc12. The van der Waals surface area contributed by atoms with Crippen LogP contribution in [0.3, 0.4) is 0 Å². The fourth-order valence-corrected chi connectivity index (χ4v) is 2.03. The summed E-state index contributed by atoms with van der Waals surface area (Å²) in [5, 5.41) is 12.7. The molecule has 0 aliphatic heterocycles. The minimum absolute atomic E-state index is 0.496. The van der Waals surface area contributed by atoms with Crippen molar-refractivity contribution in [3.63, 3.8) is 0 Å². The molecule has 0 amide bonds. The molecule has 0 unspecified atom stereocenters. The molecule has 3 aromatic carbocycles. The first-order valence-electron chi connectivity index (χ1n) is 5.63. The Kier molecular flexibility index (Phi) is 1.66. The van der Waals surface area contributed by atoms with Crippen LogP contribution in [0.5, 0.6) is 0 Å². The average Bonchev–Trinajstić information content (AvgIpc) is 2.40. The zero-order valence-corrected chi connectivity index (χ0v) is 8.57. The molecule has 16 heavy (non-hydrogen) atoms. The van der Waals surface area contributed by atoms with Gasteiger partial charge in [0.1, 0.15) is 6.07 Å². The molecule has 0 fully saturated rings. The lowest BCUT2D eigenvalue weighted by molar-refractivity contribution is 1.52. The molecule has 0 aromatic heterocycles. The first-order chi connectivity index (χ1) is 8.33. The smallest absolute Gasteiger partial charge is 0.100 e. The topological polar surface area (TPSA) is 23.8 Å². The van der Waals surface area contributed by atoms with Crippen LogP contribution in [0, 0.1) is 11.3 Å². The van der Waals surface area contributed by atoms with Crippen LogP contribution in [0.15, 0.2) is 54.6 Å². The van der Waals surface area contributed by atoms with E-state index in [4.69, 9.17) is 1.37 Å². The van der Waals surface area contributed by atoms with Crippen LogP contribution in [0.1, 0.15) is 6.93 Å². The van der Waals surface area contributed by atoms with E-state index in [0.29, 0.717) is 11.6 Å². The summed E-state index contributed by atoms with van der Waals surface area (Å²) >= 11 is 0. The molecule has 0 N–H and O–H groups in total. The van der Waals surface area contributed by atoms with E-state index in [1.165, 1.54) is 0 Å². The Morgan fingerprint density at radius 3 is 1.88 bits per heavy atom. The molecule has 3 aromatic rings. The molecule has 1 heteroatoms. The van der Waals surface area contributed by atoms with Gasteiger partial charge < -0.3 is 0 Å². The fourth-order valence-electron chi connectivity index (χ4n) is 2.03. The van der Waals surface area contributed by atoms with Gasteiger partial charge in [-0.05, 0) is 16.8 Å². The highest BCUT2D eigenvalue weighted by molar-refractivity contribution is 6.04. The molecule has 1 nitrogen and oxygen atoms in total. The van der Waals surface area contributed by atoms with Crippen molar-refractivity contribution in [3.8, 4) is 6.07 Å². The quantitative estimate of drug-likeness (QED) is 0.510. The normalized spacial score (nSPS) is 11.3. The van der Waals surface area contributed by atoms with Crippen molar-refractivity contribution in [1.82, 2.24) is 0 Å². The molecule has 0 heterocycles. The highest BCUT2D eigenvalue weighted by Crippen LogP contribution is 2.27. The summed E-state index contributed by atoms with van der Waals surface area (Å²) in [4.78, 5) is 0. The van der Waals surface area contributed by atoms with Crippen LogP contribution in [0.2, 0.25) is 0 Å². The summed E-state index contributed by atoms with van der Waals surface area (Å²) in [5.41, 5.74) is 0.659. The van der Waals surface area contributed by atoms with Gasteiger partial charge in [0.25, 0.3) is 0 Å². The Labute approximate surface area is 95.0 Å². The molecule has 0 aliphatic carbocycles. The second kappa shape index (κ2) is 3.36. The van der Waals surface area contributed by atoms with Gasteiger partial charge in [0.15, 0.2) is 0 Å². The van der Waals surface area contributed by atoms with E-state index >= 15 is 0 Å². The highest BCUT2D eigenvalue weighted by atomic mass is 14.2. The molecule has 0 aliphatic rings. The molecule has 0 spiro atoms. The van der Waals surface area contributed by atoms with Gasteiger partial charge in [-0.3, -0.25) is 0 Å². The zero-order chi connectivity index (χ0) is 11.8. The lowest BCUT2D eigenvalue weighted by atomic mass is 9.98. The number of nitrogens with zero attached hydrogens (tertiary/aromatic N) is 1. The van der Waals surface area contributed by atoms with Crippen LogP contribution in [0.25, 0.3) is 21.5 Å². The van der Waals surface area contributed by atoms with E-state index in [0.717, 1.165) is 21.5 Å². The fraction of sp³-hybridized carbons (Fsp3) is 0. The molecule has 0 atom stereocenters. The Morgan fingerprint density at radius 2 is 1.38 bits per heavy atom. The molecule has 0 radical (unpaired) electrons. The second-order valence-electron chi connectivity index (χ2n) is 3.70. The van der Waals surface area contributed by atoms with Gasteiger partial charge in [0.2, 0.25) is 0 Å². The Bertz CT molecular complexity index is 712. The number of rotatable bonds is 0. The molecule has 0 saturated heterocycles. The van der Waals surface area contributed by atoms with E-state index < -0.39 is 0 Å². The lowest BCUT2D eigenvalue weighted by Gasteiger charge is -2.04. The number of fused-ring (bicyclic) bond motifs is 2. The van der Waals surface area contributed by atoms with E-state index in [9.17, 15) is 5.26 Å². The zero-order valence-electron chi connectivity index (χ0n) is 9.57. The van der Waals surface area contributed by atoms with Crippen molar-refractivity contribution in [2.24, 2.45) is 0 Å². The minimum atomic E-state index is 0.496. The maximum atomic E-state index is 9.31. The number of nitriles is 1. The summed E-state index contributed by atoms with van der Waals surface area (Å²) in [6, 6.07) is 17.9. The van der Waals surface area contributed by atoms with Crippen molar-refractivity contribution in [1.29, 1.82) is 5.26 Å². The van der Waals surface area contributed by atoms with Crippen molar-refractivity contribution < 1.29 is 1.37 Å². The van der Waals surface area contributed by atoms with E-state index in [2.05, 4.69) is 6.07 Å². The summed E-state index contributed by atoms with van der Waals surface area (Å²) in [5.74, 6) is 0. The third kappa shape index (κ3) is 1.17. The molecular weight excluding hydrogens is 194 g/mol. The van der Waals surface area contributed by atoms with E-state index in [1.54, 1.807) is 0 Å². The minimum Gasteiger partial charge on any atom is -0.192 e. The predicted molar refractivity (Wildman–Crippen MR) is 66.2 cm³/mol. The number of benzene rings is 3. The summed E-state index contributed by atoms with van der Waals surface area (Å²) in [6.45, 7) is 0. The van der Waals surface area contributed by atoms with Crippen molar-refractivity contribution >= 4 is 21.5 Å². The number of hydrogen-bond acceptors (Lipinski definition) is 1. The van der Waals surface area contributed by atoms with Gasteiger partial charge in [-0.15, -0.1) is 0 Å². The van der Waals surface area contributed by atoms with Gasteiger partial charge in [-0.25, -0.2) is 0 Å². The maximum Gasteiger partial charge on any atom is 0.100 e. The van der Waals surface area contributed by atoms with Gasteiger partial charge in [-0.2, -0.15) is 5.26 Å². The average molecular weight is 204 g/mol. The van der Waals surface area contributed by atoms with Gasteiger partial charge in [0, 0.05) is 10.8 Å². The van der Waals surface area contributed by atoms with Crippen molar-refractivity contribution in [3.05, 3.63) is 60.1 Å². The predicted octanol–water partition coefficient (Wildman–Crippen LogP) is 3.86. The molecular formula is C15H9N. The van der Waals surface area contributed by atoms with Crippen LogP contribution in [-0.2, 0) is 0 Å². The first kappa shape index (κ1) is 7.90. The molecule has 0 bridgehead atoms. The summed E-state index contributed by atoms with van der Waals surface area (Å²) in [7, 11) is 0. The summed E-state index contributed by atoms with van der Waals surface area (Å²) in [6.07, 6.45) is 0. The standard InChI is InChI=1S/C15H9N/c16-10-15-13-7-3-1-5-11(13)9-12-6-2-4-8-14(12)15/h1-9H/i9D. The number of hydrogen-bond donors (Lipinski definition) is 0. The Balaban J connectivity index is 2.70. The molecule has 0 saturated carbocycles. The van der Waals surface area contributed by atoms with Crippen LogP contribution in [0.4, 0.5) is 0 Å². The highest BCUT2D eigenvalue weighted by Gasteiger charge is 2.05. The monoisotopic (exact) mass is 204 g/mol. The van der Waals surface area contributed by atoms with Crippen LogP contribution < -0.4 is 0 Å². The Hall–Kier alpha value is -2.33. The molecule has 74 valence electrons. The maximum absolute atomic E-state index is 9.31. The molecule has 3 rings (SSSR count). The van der Waals surface area contributed by atoms with Gasteiger partial charge in [-0.1, -0.05) is 48.5 Å². The van der Waals surface area contributed by atoms with E-state index in [-0.39, 0.29) is 0 Å². The first-order valence-corrected chi connectivity index (χ1v) is 5.13. The Morgan fingerprint density at radius 1 is 0.875 bits per heavy atom.